The third kappa shape index (κ3) is 3.43. The Morgan fingerprint density at radius 1 is 1.00 bits per heavy atom. The molecule has 1 aliphatic rings. The van der Waals surface area contributed by atoms with Crippen LogP contribution in [0.5, 0.6) is 11.5 Å². The molecule has 1 heterocycles. The molecule has 8 heteroatoms. The first kappa shape index (κ1) is 15.7. The maximum absolute atomic E-state index is 13.1. The standard InChI is InChI=1S/C15H13F2NO4S/c16-12-3-2-11(8-13(12)17)23(19,20)18-6-5-10-1-4-14-15(7-10)22-9-21-14/h1-4,7-8,18H,5-6,9H2. The van der Waals surface area contributed by atoms with Gasteiger partial charge in [0.25, 0.3) is 0 Å². The third-order valence-electron chi connectivity index (χ3n) is 3.34. The molecule has 0 amide bonds. The highest BCUT2D eigenvalue weighted by atomic mass is 32.2. The largest absolute Gasteiger partial charge is 0.454 e. The van der Waals surface area contributed by atoms with Gasteiger partial charge in [-0.15, -0.1) is 0 Å². The van der Waals surface area contributed by atoms with Crippen molar-refractivity contribution in [3.63, 3.8) is 0 Å². The van der Waals surface area contributed by atoms with Gasteiger partial charge in [-0.2, -0.15) is 0 Å². The highest BCUT2D eigenvalue weighted by molar-refractivity contribution is 7.89. The average Bonchev–Trinajstić information content (AvgIpc) is 2.97. The normalized spacial score (nSPS) is 13.3. The van der Waals surface area contributed by atoms with Crippen molar-refractivity contribution < 1.29 is 26.7 Å². The van der Waals surface area contributed by atoms with Crippen molar-refractivity contribution >= 4 is 10.0 Å². The zero-order valence-electron chi connectivity index (χ0n) is 11.9. The van der Waals surface area contributed by atoms with Crippen molar-refractivity contribution in [2.75, 3.05) is 13.3 Å². The molecule has 1 N–H and O–H groups in total. The molecule has 122 valence electrons. The molecular formula is C15H13F2NO4S. The van der Waals surface area contributed by atoms with Crippen LogP contribution in [0, 0.1) is 11.6 Å². The zero-order chi connectivity index (χ0) is 16.4. The first-order chi connectivity index (χ1) is 11.0. The third-order valence-corrected chi connectivity index (χ3v) is 4.80. The van der Waals surface area contributed by atoms with E-state index in [9.17, 15) is 17.2 Å². The van der Waals surface area contributed by atoms with Gasteiger partial charge in [-0.25, -0.2) is 21.9 Å². The van der Waals surface area contributed by atoms with Crippen LogP contribution in [0.25, 0.3) is 0 Å². The predicted octanol–water partition coefficient (Wildman–Crippen LogP) is 2.21. The van der Waals surface area contributed by atoms with E-state index in [1.54, 1.807) is 18.2 Å². The van der Waals surface area contributed by atoms with Crippen molar-refractivity contribution in [3.8, 4) is 11.5 Å². The number of hydrogen-bond acceptors (Lipinski definition) is 4. The number of halogens is 2. The molecule has 0 saturated carbocycles. The Morgan fingerprint density at radius 3 is 2.57 bits per heavy atom. The summed E-state index contributed by atoms with van der Waals surface area (Å²) >= 11 is 0. The van der Waals surface area contributed by atoms with E-state index >= 15 is 0 Å². The van der Waals surface area contributed by atoms with E-state index in [2.05, 4.69) is 4.72 Å². The van der Waals surface area contributed by atoms with E-state index in [0.29, 0.717) is 24.0 Å². The van der Waals surface area contributed by atoms with Crippen LogP contribution in [-0.4, -0.2) is 21.8 Å². The van der Waals surface area contributed by atoms with Crippen LogP contribution in [0.1, 0.15) is 5.56 Å². The Labute approximate surface area is 131 Å². The summed E-state index contributed by atoms with van der Waals surface area (Å²) in [5, 5.41) is 0. The second kappa shape index (κ2) is 6.13. The SMILES string of the molecule is O=S(=O)(NCCc1ccc2c(c1)OCO2)c1ccc(F)c(F)c1. The van der Waals surface area contributed by atoms with Gasteiger partial charge >= 0.3 is 0 Å². The molecule has 0 fully saturated rings. The minimum atomic E-state index is -3.89. The monoisotopic (exact) mass is 341 g/mol. The lowest BCUT2D eigenvalue weighted by molar-refractivity contribution is 0.174. The molecule has 0 atom stereocenters. The molecule has 3 rings (SSSR count). The summed E-state index contributed by atoms with van der Waals surface area (Å²) in [6, 6.07) is 7.77. The van der Waals surface area contributed by atoms with Crippen LogP contribution in [0.2, 0.25) is 0 Å². The molecule has 0 radical (unpaired) electrons. The first-order valence-electron chi connectivity index (χ1n) is 6.79. The van der Waals surface area contributed by atoms with Gasteiger partial charge in [-0.05, 0) is 42.3 Å². The van der Waals surface area contributed by atoms with Gasteiger partial charge in [0.1, 0.15) is 0 Å². The molecule has 0 saturated heterocycles. The van der Waals surface area contributed by atoms with Gasteiger partial charge in [0.2, 0.25) is 16.8 Å². The number of hydrogen-bond donors (Lipinski definition) is 1. The molecule has 0 spiro atoms. The second-order valence-electron chi connectivity index (χ2n) is 4.91. The summed E-state index contributed by atoms with van der Waals surface area (Å²) in [6.07, 6.45) is 0.416. The van der Waals surface area contributed by atoms with Crippen molar-refractivity contribution in [3.05, 3.63) is 53.6 Å². The van der Waals surface area contributed by atoms with Crippen LogP contribution in [0.3, 0.4) is 0 Å². The molecule has 2 aromatic carbocycles. The fourth-order valence-corrected chi connectivity index (χ4v) is 3.20. The van der Waals surface area contributed by atoms with Gasteiger partial charge in [-0.1, -0.05) is 6.07 Å². The van der Waals surface area contributed by atoms with Crippen LogP contribution in [-0.2, 0) is 16.4 Å². The van der Waals surface area contributed by atoms with E-state index in [-0.39, 0.29) is 18.2 Å². The lowest BCUT2D eigenvalue weighted by atomic mass is 10.1. The van der Waals surface area contributed by atoms with Crippen molar-refractivity contribution in [2.45, 2.75) is 11.3 Å². The number of nitrogens with one attached hydrogen (secondary N) is 1. The lowest BCUT2D eigenvalue weighted by Gasteiger charge is -2.08. The fraction of sp³-hybridized carbons (Fsp3) is 0.200. The van der Waals surface area contributed by atoms with E-state index in [1.807, 2.05) is 0 Å². The Kier molecular flexibility index (Phi) is 4.18. The van der Waals surface area contributed by atoms with Gasteiger partial charge in [0.05, 0.1) is 4.90 Å². The topological polar surface area (TPSA) is 64.6 Å². The van der Waals surface area contributed by atoms with Crippen LogP contribution < -0.4 is 14.2 Å². The molecule has 0 bridgehead atoms. The molecule has 23 heavy (non-hydrogen) atoms. The molecular weight excluding hydrogens is 328 g/mol. The van der Waals surface area contributed by atoms with E-state index in [0.717, 1.165) is 17.7 Å². The quantitative estimate of drug-likeness (QED) is 0.906. The minimum absolute atomic E-state index is 0.112. The van der Waals surface area contributed by atoms with Gasteiger partial charge in [-0.3, -0.25) is 0 Å². The van der Waals surface area contributed by atoms with Crippen LogP contribution >= 0.6 is 0 Å². The number of benzene rings is 2. The van der Waals surface area contributed by atoms with Gasteiger partial charge in [0.15, 0.2) is 23.1 Å². The Hall–Kier alpha value is -2.19. The first-order valence-corrected chi connectivity index (χ1v) is 8.27. The summed E-state index contributed by atoms with van der Waals surface area (Å²) < 4.78 is 62.8. The molecule has 2 aromatic rings. The van der Waals surface area contributed by atoms with E-state index in [1.165, 1.54) is 0 Å². The highest BCUT2D eigenvalue weighted by Gasteiger charge is 2.17. The number of sulfonamides is 1. The molecule has 5 nitrogen and oxygen atoms in total. The Morgan fingerprint density at radius 2 is 1.78 bits per heavy atom. The predicted molar refractivity (Wildman–Crippen MR) is 77.8 cm³/mol. The summed E-state index contributed by atoms with van der Waals surface area (Å²) in [4.78, 5) is -0.318. The van der Waals surface area contributed by atoms with Gasteiger partial charge < -0.3 is 9.47 Å². The Balaban J connectivity index is 1.64. The fourth-order valence-electron chi connectivity index (χ4n) is 2.15. The van der Waals surface area contributed by atoms with Crippen LogP contribution in [0.4, 0.5) is 8.78 Å². The molecule has 1 aliphatic heterocycles. The number of rotatable bonds is 5. The van der Waals surface area contributed by atoms with E-state index < -0.39 is 21.7 Å². The van der Waals surface area contributed by atoms with Crippen molar-refractivity contribution in [1.29, 1.82) is 0 Å². The summed E-state index contributed by atoms with van der Waals surface area (Å²) in [5.41, 5.74) is 0.863. The molecule has 0 unspecified atom stereocenters. The zero-order valence-corrected chi connectivity index (χ0v) is 12.7. The van der Waals surface area contributed by atoms with Crippen molar-refractivity contribution in [2.24, 2.45) is 0 Å². The smallest absolute Gasteiger partial charge is 0.240 e. The molecule has 0 aromatic heterocycles. The maximum atomic E-state index is 13.1. The Bertz CT molecular complexity index is 839. The van der Waals surface area contributed by atoms with Gasteiger partial charge in [0, 0.05) is 6.54 Å². The minimum Gasteiger partial charge on any atom is -0.454 e. The lowest BCUT2D eigenvalue weighted by Crippen LogP contribution is -2.26. The van der Waals surface area contributed by atoms with Crippen LogP contribution in [0.15, 0.2) is 41.3 Å². The molecule has 0 aliphatic carbocycles. The van der Waals surface area contributed by atoms with Crippen molar-refractivity contribution in [1.82, 2.24) is 4.72 Å². The second-order valence-corrected chi connectivity index (χ2v) is 6.68. The average molecular weight is 341 g/mol. The summed E-state index contributed by atoms with van der Waals surface area (Å²) in [7, 11) is -3.89. The number of fused-ring (bicyclic) bond motifs is 1. The number of ether oxygens (including phenoxy) is 2. The summed E-state index contributed by atoms with van der Waals surface area (Å²) in [5.74, 6) is -1.03. The highest BCUT2D eigenvalue weighted by Crippen LogP contribution is 2.32. The van der Waals surface area contributed by atoms with E-state index in [4.69, 9.17) is 9.47 Å². The maximum Gasteiger partial charge on any atom is 0.240 e. The summed E-state index contributed by atoms with van der Waals surface area (Å²) in [6.45, 7) is 0.280.